The number of hydrogen-bond acceptors (Lipinski definition) is 4. The molecule has 1 N–H and O–H groups in total. The summed E-state index contributed by atoms with van der Waals surface area (Å²) in [6, 6.07) is 15.9. The van der Waals surface area contributed by atoms with Crippen LogP contribution in [0.15, 0.2) is 53.0 Å². The maximum Gasteiger partial charge on any atom is 0.241 e. The standard InChI is InChI=1S/C19H22BrN3O2/c1-25-16-8-6-15(7-9-16)22-10-12-23(13-11-22)19(24)14-21-18-5-3-2-4-17(18)20/h2-9,21H,10-14H2,1H3. The Hall–Kier alpha value is -2.21. The number of amides is 1. The van der Waals surface area contributed by atoms with Gasteiger partial charge in [-0.25, -0.2) is 0 Å². The van der Waals surface area contributed by atoms with E-state index in [-0.39, 0.29) is 5.91 Å². The zero-order valence-electron chi connectivity index (χ0n) is 14.2. The zero-order chi connectivity index (χ0) is 17.6. The number of methoxy groups -OCH3 is 1. The molecule has 5 nitrogen and oxygen atoms in total. The molecule has 3 rings (SSSR count). The quantitative estimate of drug-likeness (QED) is 0.832. The van der Waals surface area contributed by atoms with Crippen molar-refractivity contribution in [1.29, 1.82) is 0 Å². The topological polar surface area (TPSA) is 44.8 Å². The van der Waals surface area contributed by atoms with Gasteiger partial charge in [0.15, 0.2) is 0 Å². The smallest absolute Gasteiger partial charge is 0.241 e. The van der Waals surface area contributed by atoms with Gasteiger partial charge in [0.1, 0.15) is 5.75 Å². The highest BCUT2D eigenvalue weighted by Gasteiger charge is 2.21. The molecule has 1 heterocycles. The van der Waals surface area contributed by atoms with Crippen molar-refractivity contribution in [2.24, 2.45) is 0 Å². The summed E-state index contributed by atoms with van der Waals surface area (Å²) < 4.78 is 6.16. The third kappa shape index (κ3) is 4.45. The zero-order valence-corrected chi connectivity index (χ0v) is 15.8. The van der Waals surface area contributed by atoms with Crippen molar-refractivity contribution >= 4 is 33.2 Å². The fraction of sp³-hybridized carbons (Fsp3) is 0.316. The first-order chi connectivity index (χ1) is 12.2. The van der Waals surface area contributed by atoms with Crippen LogP contribution < -0.4 is 15.0 Å². The number of para-hydroxylation sites is 1. The minimum Gasteiger partial charge on any atom is -0.497 e. The van der Waals surface area contributed by atoms with Crippen LogP contribution in [-0.4, -0.2) is 50.6 Å². The molecule has 25 heavy (non-hydrogen) atoms. The molecule has 2 aromatic carbocycles. The Morgan fingerprint density at radius 2 is 1.76 bits per heavy atom. The predicted octanol–water partition coefficient (Wildman–Crippen LogP) is 3.22. The summed E-state index contributed by atoms with van der Waals surface area (Å²) in [6.07, 6.45) is 0. The molecule has 2 aromatic rings. The molecular weight excluding hydrogens is 382 g/mol. The van der Waals surface area contributed by atoms with Crippen molar-refractivity contribution < 1.29 is 9.53 Å². The van der Waals surface area contributed by atoms with E-state index < -0.39 is 0 Å². The summed E-state index contributed by atoms with van der Waals surface area (Å²) in [7, 11) is 1.67. The lowest BCUT2D eigenvalue weighted by Crippen LogP contribution is -2.50. The van der Waals surface area contributed by atoms with E-state index in [1.54, 1.807) is 7.11 Å². The Morgan fingerprint density at radius 3 is 2.40 bits per heavy atom. The molecule has 0 unspecified atom stereocenters. The average molecular weight is 404 g/mol. The molecule has 1 amide bonds. The van der Waals surface area contributed by atoms with Crippen LogP contribution in [0.1, 0.15) is 0 Å². The largest absolute Gasteiger partial charge is 0.497 e. The Kier molecular flexibility index (Phi) is 5.81. The van der Waals surface area contributed by atoms with Crippen LogP contribution in [0.4, 0.5) is 11.4 Å². The summed E-state index contributed by atoms with van der Waals surface area (Å²) in [6.45, 7) is 3.47. The van der Waals surface area contributed by atoms with E-state index in [2.05, 4.69) is 38.3 Å². The third-order valence-corrected chi connectivity index (χ3v) is 5.07. The van der Waals surface area contributed by atoms with Crippen LogP contribution in [0.5, 0.6) is 5.75 Å². The molecule has 0 spiro atoms. The van der Waals surface area contributed by atoms with E-state index in [4.69, 9.17) is 4.74 Å². The summed E-state index contributed by atoms with van der Waals surface area (Å²) in [5, 5.41) is 3.20. The fourth-order valence-electron chi connectivity index (χ4n) is 2.89. The molecule has 6 heteroatoms. The van der Waals surface area contributed by atoms with E-state index in [0.29, 0.717) is 6.54 Å². The Morgan fingerprint density at radius 1 is 1.08 bits per heavy atom. The third-order valence-electron chi connectivity index (χ3n) is 4.37. The van der Waals surface area contributed by atoms with Crippen molar-refractivity contribution in [2.45, 2.75) is 0 Å². The molecule has 0 aliphatic carbocycles. The van der Waals surface area contributed by atoms with Crippen LogP contribution in [0.3, 0.4) is 0 Å². The summed E-state index contributed by atoms with van der Waals surface area (Å²) >= 11 is 3.48. The number of anilines is 2. The Bertz CT molecular complexity index is 713. The molecule has 1 aliphatic heterocycles. The highest BCUT2D eigenvalue weighted by molar-refractivity contribution is 9.10. The van der Waals surface area contributed by atoms with Gasteiger partial charge in [0.2, 0.25) is 5.91 Å². The van der Waals surface area contributed by atoms with Crippen molar-refractivity contribution in [3.63, 3.8) is 0 Å². The lowest BCUT2D eigenvalue weighted by Gasteiger charge is -2.36. The van der Waals surface area contributed by atoms with Gasteiger partial charge in [-0.3, -0.25) is 4.79 Å². The lowest BCUT2D eigenvalue weighted by molar-refractivity contribution is -0.129. The number of carbonyl (C=O) groups excluding carboxylic acids is 1. The number of nitrogens with one attached hydrogen (secondary N) is 1. The van der Waals surface area contributed by atoms with E-state index in [1.807, 2.05) is 41.3 Å². The average Bonchev–Trinajstić information content (AvgIpc) is 2.67. The van der Waals surface area contributed by atoms with E-state index in [1.165, 1.54) is 5.69 Å². The number of nitrogens with zero attached hydrogens (tertiary/aromatic N) is 2. The maximum atomic E-state index is 12.4. The minimum atomic E-state index is 0.130. The highest BCUT2D eigenvalue weighted by Crippen LogP contribution is 2.22. The van der Waals surface area contributed by atoms with Crippen LogP contribution in [0, 0.1) is 0 Å². The number of ether oxygens (including phenoxy) is 1. The van der Waals surface area contributed by atoms with Gasteiger partial charge in [0.25, 0.3) is 0 Å². The van der Waals surface area contributed by atoms with Gasteiger partial charge in [-0.1, -0.05) is 12.1 Å². The van der Waals surface area contributed by atoms with E-state index in [0.717, 1.165) is 42.1 Å². The van der Waals surface area contributed by atoms with Gasteiger partial charge in [-0.2, -0.15) is 0 Å². The predicted molar refractivity (Wildman–Crippen MR) is 104 cm³/mol. The van der Waals surface area contributed by atoms with Crippen molar-refractivity contribution in [3.8, 4) is 5.75 Å². The maximum absolute atomic E-state index is 12.4. The first-order valence-corrected chi connectivity index (χ1v) is 9.12. The van der Waals surface area contributed by atoms with E-state index in [9.17, 15) is 4.79 Å². The van der Waals surface area contributed by atoms with Crippen LogP contribution in [0.25, 0.3) is 0 Å². The lowest BCUT2D eigenvalue weighted by atomic mass is 10.2. The normalized spacial score (nSPS) is 14.3. The van der Waals surface area contributed by atoms with Crippen molar-refractivity contribution in [3.05, 3.63) is 53.0 Å². The fourth-order valence-corrected chi connectivity index (χ4v) is 3.32. The van der Waals surface area contributed by atoms with Crippen LogP contribution in [-0.2, 0) is 4.79 Å². The van der Waals surface area contributed by atoms with E-state index >= 15 is 0 Å². The minimum absolute atomic E-state index is 0.130. The summed E-state index contributed by atoms with van der Waals surface area (Å²) in [5.41, 5.74) is 2.10. The number of benzene rings is 2. The monoisotopic (exact) mass is 403 g/mol. The van der Waals surface area contributed by atoms with Gasteiger partial charge in [-0.05, 0) is 52.3 Å². The molecule has 1 fully saturated rings. The number of piperazine rings is 1. The van der Waals surface area contributed by atoms with Gasteiger partial charge < -0.3 is 19.9 Å². The van der Waals surface area contributed by atoms with Crippen LogP contribution in [0.2, 0.25) is 0 Å². The Labute approximate surface area is 156 Å². The van der Waals surface area contributed by atoms with Crippen LogP contribution >= 0.6 is 15.9 Å². The number of hydrogen-bond donors (Lipinski definition) is 1. The molecule has 1 aliphatic rings. The number of carbonyl (C=O) groups is 1. The number of halogens is 1. The highest BCUT2D eigenvalue weighted by atomic mass is 79.9. The molecule has 0 aromatic heterocycles. The summed E-state index contributed by atoms with van der Waals surface area (Å²) in [5.74, 6) is 0.987. The molecule has 0 saturated carbocycles. The second kappa shape index (κ2) is 8.25. The molecular formula is C19H22BrN3O2. The molecule has 0 atom stereocenters. The molecule has 1 saturated heterocycles. The van der Waals surface area contributed by atoms with Gasteiger partial charge >= 0.3 is 0 Å². The molecule has 0 radical (unpaired) electrons. The van der Waals surface area contributed by atoms with Gasteiger partial charge in [0, 0.05) is 42.0 Å². The molecule has 0 bridgehead atoms. The van der Waals surface area contributed by atoms with Crippen molar-refractivity contribution in [2.75, 3.05) is 50.1 Å². The van der Waals surface area contributed by atoms with Gasteiger partial charge in [0.05, 0.1) is 13.7 Å². The van der Waals surface area contributed by atoms with Gasteiger partial charge in [-0.15, -0.1) is 0 Å². The molecule has 132 valence electrons. The SMILES string of the molecule is COc1ccc(N2CCN(C(=O)CNc3ccccc3Br)CC2)cc1. The summed E-state index contributed by atoms with van der Waals surface area (Å²) in [4.78, 5) is 16.6. The second-order valence-corrected chi connectivity index (χ2v) is 6.75. The Balaban J connectivity index is 1.49. The first kappa shape index (κ1) is 17.6. The van der Waals surface area contributed by atoms with Crippen molar-refractivity contribution in [1.82, 2.24) is 4.90 Å². The number of rotatable bonds is 5. The second-order valence-electron chi connectivity index (χ2n) is 5.90. The first-order valence-electron chi connectivity index (χ1n) is 8.32.